The lowest BCUT2D eigenvalue weighted by Gasteiger charge is -2.33. The molecule has 1 N–H and O–H groups in total. The Balaban J connectivity index is 1.88. The fourth-order valence-corrected chi connectivity index (χ4v) is 3.97. The molecule has 0 aromatic heterocycles. The number of alkyl carbamates (subject to hydrolysis) is 1. The van der Waals surface area contributed by atoms with E-state index in [9.17, 15) is 18.0 Å². The van der Waals surface area contributed by atoms with Crippen molar-refractivity contribution in [1.82, 2.24) is 14.5 Å². The molecule has 1 saturated heterocycles. The van der Waals surface area contributed by atoms with E-state index in [1.54, 1.807) is 24.0 Å². The highest BCUT2D eigenvalue weighted by molar-refractivity contribution is 7.89. The van der Waals surface area contributed by atoms with Crippen LogP contribution in [0.5, 0.6) is 5.75 Å². The normalized spacial score (nSPS) is 16.1. The van der Waals surface area contributed by atoms with Gasteiger partial charge >= 0.3 is 6.09 Å². The molecule has 26 heavy (non-hydrogen) atoms. The van der Waals surface area contributed by atoms with E-state index in [-0.39, 0.29) is 31.1 Å². The van der Waals surface area contributed by atoms with Crippen molar-refractivity contribution >= 4 is 22.0 Å². The van der Waals surface area contributed by atoms with E-state index < -0.39 is 22.0 Å². The van der Waals surface area contributed by atoms with Crippen LogP contribution in [0.25, 0.3) is 0 Å². The lowest BCUT2D eigenvalue weighted by Crippen LogP contribution is -2.51. The van der Waals surface area contributed by atoms with E-state index in [0.717, 1.165) is 0 Å². The highest BCUT2D eigenvalue weighted by atomic mass is 32.2. The fraction of sp³-hybridized carbons (Fsp3) is 0.500. The number of amides is 2. The summed E-state index contributed by atoms with van der Waals surface area (Å²) in [5.41, 5.74) is 0. The number of sulfonamides is 1. The third kappa shape index (κ3) is 5.16. The molecule has 1 aliphatic rings. The first kappa shape index (κ1) is 20.1. The second-order valence-corrected chi connectivity index (χ2v) is 7.56. The van der Waals surface area contributed by atoms with Gasteiger partial charge in [0.25, 0.3) is 0 Å². The fourth-order valence-electron chi connectivity index (χ4n) is 2.55. The molecule has 0 bridgehead atoms. The van der Waals surface area contributed by atoms with Gasteiger partial charge in [-0.2, -0.15) is 4.31 Å². The van der Waals surface area contributed by atoms with Crippen LogP contribution in [0.15, 0.2) is 29.2 Å². The standard InChI is InChI=1S/C16H23N3O6S/c1-3-25-16(21)17-15(20)12-18-8-10-19(11-9-18)26(22,23)14-6-4-13(24-2)5-7-14/h4-7H,3,8-12H2,1-2H3,(H,17,20,21). The molecule has 0 atom stereocenters. The molecule has 0 radical (unpaired) electrons. The van der Waals surface area contributed by atoms with Gasteiger partial charge in [0, 0.05) is 26.2 Å². The Bertz CT molecular complexity index is 727. The predicted molar refractivity (Wildman–Crippen MR) is 93.4 cm³/mol. The highest BCUT2D eigenvalue weighted by Gasteiger charge is 2.29. The third-order valence-electron chi connectivity index (χ3n) is 3.91. The van der Waals surface area contributed by atoms with E-state index >= 15 is 0 Å². The number of piperazine rings is 1. The Kier molecular flexibility index (Phi) is 6.95. The summed E-state index contributed by atoms with van der Waals surface area (Å²) in [4.78, 5) is 25.0. The first-order valence-corrected chi connectivity index (χ1v) is 9.64. The van der Waals surface area contributed by atoms with Crippen LogP contribution in [0.2, 0.25) is 0 Å². The summed E-state index contributed by atoms with van der Waals surface area (Å²) >= 11 is 0. The van der Waals surface area contributed by atoms with E-state index in [1.165, 1.54) is 23.5 Å². The van der Waals surface area contributed by atoms with Gasteiger partial charge in [-0.05, 0) is 31.2 Å². The van der Waals surface area contributed by atoms with E-state index in [2.05, 4.69) is 10.1 Å². The zero-order valence-electron chi connectivity index (χ0n) is 14.8. The maximum atomic E-state index is 12.7. The predicted octanol–water partition coefficient (Wildman–Crippen LogP) is 0.274. The van der Waals surface area contributed by atoms with Gasteiger partial charge in [-0.1, -0.05) is 0 Å². The molecular weight excluding hydrogens is 362 g/mol. The number of carbonyl (C=O) groups is 2. The van der Waals surface area contributed by atoms with Gasteiger partial charge in [-0.15, -0.1) is 0 Å². The summed E-state index contributed by atoms with van der Waals surface area (Å²) in [6.07, 6.45) is -0.779. The average molecular weight is 385 g/mol. The van der Waals surface area contributed by atoms with Crippen molar-refractivity contribution in [2.24, 2.45) is 0 Å². The molecule has 1 aromatic rings. The molecule has 1 fully saturated rings. The molecule has 0 saturated carbocycles. The molecule has 1 heterocycles. The lowest BCUT2D eigenvalue weighted by molar-refractivity contribution is -0.121. The van der Waals surface area contributed by atoms with Gasteiger partial charge in [-0.3, -0.25) is 15.0 Å². The van der Waals surface area contributed by atoms with Crippen molar-refractivity contribution in [1.29, 1.82) is 0 Å². The van der Waals surface area contributed by atoms with Crippen molar-refractivity contribution in [3.8, 4) is 5.75 Å². The Labute approximate surface area is 152 Å². The third-order valence-corrected chi connectivity index (χ3v) is 5.83. The SMILES string of the molecule is CCOC(=O)NC(=O)CN1CCN(S(=O)(=O)c2ccc(OC)cc2)CC1. The quantitative estimate of drug-likeness (QED) is 0.749. The van der Waals surface area contributed by atoms with Crippen molar-refractivity contribution in [2.75, 3.05) is 46.4 Å². The first-order valence-electron chi connectivity index (χ1n) is 8.20. The minimum atomic E-state index is -3.59. The zero-order chi connectivity index (χ0) is 19.2. The van der Waals surface area contributed by atoms with Crippen LogP contribution in [0, 0.1) is 0 Å². The Morgan fingerprint density at radius 2 is 1.73 bits per heavy atom. The maximum Gasteiger partial charge on any atom is 0.413 e. The molecule has 0 unspecified atom stereocenters. The van der Waals surface area contributed by atoms with Crippen LogP contribution < -0.4 is 10.1 Å². The first-order chi connectivity index (χ1) is 12.4. The van der Waals surface area contributed by atoms with Crippen LogP contribution in [0.1, 0.15) is 6.92 Å². The van der Waals surface area contributed by atoms with Crippen molar-refractivity contribution < 1.29 is 27.5 Å². The van der Waals surface area contributed by atoms with Gasteiger partial charge in [0.05, 0.1) is 25.2 Å². The lowest BCUT2D eigenvalue weighted by atomic mass is 10.3. The molecule has 9 nitrogen and oxygen atoms in total. The molecule has 10 heteroatoms. The van der Waals surface area contributed by atoms with Gasteiger partial charge < -0.3 is 9.47 Å². The Morgan fingerprint density at radius 1 is 1.12 bits per heavy atom. The molecule has 1 aliphatic heterocycles. The molecular formula is C16H23N3O6S. The molecule has 2 rings (SSSR count). The summed E-state index contributed by atoms with van der Waals surface area (Å²) in [5, 5.41) is 2.12. The van der Waals surface area contributed by atoms with Gasteiger partial charge in [0.15, 0.2) is 0 Å². The summed E-state index contributed by atoms with van der Waals surface area (Å²) in [5.74, 6) is 0.108. The number of carbonyl (C=O) groups excluding carboxylic acids is 2. The van der Waals surface area contributed by atoms with Crippen LogP contribution in [0.3, 0.4) is 0 Å². The van der Waals surface area contributed by atoms with E-state index in [4.69, 9.17) is 4.74 Å². The Hall–Kier alpha value is -2.17. The van der Waals surface area contributed by atoms with E-state index in [0.29, 0.717) is 18.8 Å². The number of hydrogen-bond acceptors (Lipinski definition) is 7. The minimum absolute atomic E-state index is 0.00916. The number of hydrogen-bond donors (Lipinski definition) is 1. The monoisotopic (exact) mass is 385 g/mol. The van der Waals surface area contributed by atoms with Crippen LogP contribution in [-0.2, 0) is 19.6 Å². The summed E-state index contributed by atoms with van der Waals surface area (Å²) in [7, 11) is -2.07. The minimum Gasteiger partial charge on any atom is -0.497 e. The largest absolute Gasteiger partial charge is 0.497 e. The zero-order valence-corrected chi connectivity index (χ0v) is 15.6. The summed E-state index contributed by atoms with van der Waals surface area (Å²) in [6, 6.07) is 6.21. The van der Waals surface area contributed by atoms with Gasteiger partial charge in [0.2, 0.25) is 15.9 Å². The van der Waals surface area contributed by atoms with Gasteiger partial charge in [0.1, 0.15) is 5.75 Å². The second-order valence-electron chi connectivity index (χ2n) is 5.62. The van der Waals surface area contributed by atoms with Gasteiger partial charge in [-0.25, -0.2) is 13.2 Å². The number of rotatable bonds is 6. The summed E-state index contributed by atoms with van der Waals surface area (Å²) < 4.78 is 36.4. The van der Waals surface area contributed by atoms with Crippen LogP contribution >= 0.6 is 0 Å². The van der Waals surface area contributed by atoms with Crippen molar-refractivity contribution in [3.63, 3.8) is 0 Å². The Morgan fingerprint density at radius 3 is 2.27 bits per heavy atom. The average Bonchev–Trinajstić information content (AvgIpc) is 2.62. The molecule has 0 spiro atoms. The number of ether oxygens (including phenoxy) is 2. The number of nitrogens with one attached hydrogen (secondary N) is 1. The molecule has 0 aliphatic carbocycles. The topological polar surface area (TPSA) is 105 Å². The van der Waals surface area contributed by atoms with Crippen LogP contribution in [-0.4, -0.2) is 76.1 Å². The number of imide groups is 1. The van der Waals surface area contributed by atoms with Crippen LogP contribution in [0.4, 0.5) is 4.79 Å². The smallest absolute Gasteiger partial charge is 0.413 e. The number of methoxy groups -OCH3 is 1. The molecule has 2 amide bonds. The van der Waals surface area contributed by atoms with E-state index in [1.807, 2.05) is 0 Å². The number of benzene rings is 1. The molecule has 144 valence electrons. The molecule has 1 aromatic carbocycles. The second kappa shape index (κ2) is 8.97. The number of nitrogens with zero attached hydrogens (tertiary/aromatic N) is 2. The maximum absolute atomic E-state index is 12.7. The highest BCUT2D eigenvalue weighted by Crippen LogP contribution is 2.20. The van der Waals surface area contributed by atoms with Crippen molar-refractivity contribution in [3.05, 3.63) is 24.3 Å². The van der Waals surface area contributed by atoms with Crippen molar-refractivity contribution in [2.45, 2.75) is 11.8 Å². The summed E-state index contributed by atoms with van der Waals surface area (Å²) in [6.45, 7) is 3.15.